The summed E-state index contributed by atoms with van der Waals surface area (Å²) in [6.07, 6.45) is 0. The first-order valence-corrected chi connectivity index (χ1v) is 6.42. The van der Waals surface area contributed by atoms with Gasteiger partial charge in [-0.05, 0) is 32.9 Å². The molecule has 0 saturated heterocycles. The van der Waals surface area contributed by atoms with Gasteiger partial charge in [0, 0.05) is 22.2 Å². The van der Waals surface area contributed by atoms with E-state index in [1.165, 1.54) is 6.07 Å². The first-order valence-electron chi connectivity index (χ1n) is 5.55. The second-order valence-corrected chi connectivity index (χ2v) is 6.47. The molecule has 0 spiro atoms. The van der Waals surface area contributed by atoms with Crippen molar-refractivity contribution in [1.82, 2.24) is 5.32 Å². The van der Waals surface area contributed by atoms with Crippen molar-refractivity contribution in [1.29, 1.82) is 0 Å². The standard InChI is InChI=1S/C13H20FNS/c1-10(9-15-13(2,3)4)16-12-8-6-5-7-11(12)14/h5-8,10,15H,9H2,1-4H3. The quantitative estimate of drug-likeness (QED) is 0.807. The molecular weight excluding hydrogens is 221 g/mol. The number of hydrogen-bond donors (Lipinski definition) is 1. The minimum absolute atomic E-state index is 0.115. The van der Waals surface area contributed by atoms with E-state index >= 15 is 0 Å². The lowest BCUT2D eigenvalue weighted by Crippen LogP contribution is -2.39. The maximum atomic E-state index is 13.4. The summed E-state index contributed by atoms with van der Waals surface area (Å²) in [7, 11) is 0. The van der Waals surface area contributed by atoms with Crippen molar-refractivity contribution in [3.05, 3.63) is 30.1 Å². The molecule has 0 aromatic heterocycles. The molecule has 1 aromatic rings. The fourth-order valence-electron chi connectivity index (χ4n) is 1.25. The Hall–Kier alpha value is -0.540. The normalized spacial score (nSPS) is 13.8. The number of nitrogens with one attached hydrogen (secondary N) is 1. The second kappa shape index (κ2) is 5.69. The van der Waals surface area contributed by atoms with E-state index in [0.29, 0.717) is 5.25 Å². The van der Waals surface area contributed by atoms with Crippen LogP contribution in [-0.4, -0.2) is 17.3 Å². The van der Waals surface area contributed by atoms with Crippen LogP contribution in [0.15, 0.2) is 29.2 Å². The van der Waals surface area contributed by atoms with Crippen LogP contribution in [0.3, 0.4) is 0 Å². The summed E-state index contributed by atoms with van der Waals surface area (Å²) in [5.41, 5.74) is 0.115. The van der Waals surface area contributed by atoms with Gasteiger partial charge in [0.1, 0.15) is 5.82 Å². The highest BCUT2D eigenvalue weighted by Gasteiger charge is 2.12. The van der Waals surface area contributed by atoms with E-state index in [1.807, 2.05) is 12.1 Å². The zero-order valence-electron chi connectivity index (χ0n) is 10.4. The lowest BCUT2D eigenvalue weighted by molar-refractivity contribution is 0.429. The highest BCUT2D eigenvalue weighted by atomic mass is 32.2. The summed E-state index contributed by atoms with van der Waals surface area (Å²) in [6.45, 7) is 9.38. The predicted molar refractivity (Wildman–Crippen MR) is 69.5 cm³/mol. The summed E-state index contributed by atoms with van der Waals surface area (Å²) >= 11 is 1.57. The first kappa shape index (κ1) is 13.5. The molecule has 90 valence electrons. The van der Waals surface area contributed by atoms with E-state index < -0.39 is 0 Å². The van der Waals surface area contributed by atoms with Crippen molar-refractivity contribution in [2.75, 3.05) is 6.54 Å². The predicted octanol–water partition coefficient (Wildman–Crippen LogP) is 3.69. The highest BCUT2D eigenvalue weighted by molar-refractivity contribution is 8.00. The van der Waals surface area contributed by atoms with Crippen LogP contribution in [0.25, 0.3) is 0 Å². The lowest BCUT2D eigenvalue weighted by atomic mass is 10.1. The molecule has 0 amide bonds. The Morgan fingerprint density at radius 3 is 2.50 bits per heavy atom. The zero-order valence-corrected chi connectivity index (χ0v) is 11.2. The van der Waals surface area contributed by atoms with E-state index in [9.17, 15) is 4.39 Å². The Labute approximate surface area is 102 Å². The van der Waals surface area contributed by atoms with Gasteiger partial charge in [-0.1, -0.05) is 19.1 Å². The molecule has 1 atom stereocenters. The van der Waals surface area contributed by atoms with Crippen molar-refractivity contribution in [2.45, 2.75) is 43.4 Å². The minimum atomic E-state index is -0.130. The smallest absolute Gasteiger partial charge is 0.136 e. The summed E-state index contributed by atoms with van der Waals surface area (Å²) in [5, 5.41) is 3.78. The second-order valence-electron chi connectivity index (χ2n) is 4.99. The van der Waals surface area contributed by atoms with Crippen LogP contribution in [0, 0.1) is 5.82 Å². The topological polar surface area (TPSA) is 12.0 Å². The Bertz CT molecular complexity index is 333. The van der Waals surface area contributed by atoms with Crippen LogP contribution in [0.2, 0.25) is 0 Å². The zero-order chi connectivity index (χ0) is 12.2. The summed E-state index contributed by atoms with van der Waals surface area (Å²) < 4.78 is 13.4. The van der Waals surface area contributed by atoms with E-state index in [1.54, 1.807) is 17.8 Å². The van der Waals surface area contributed by atoms with Gasteiger partial charge >= 0.3 is 0 Å². The largest absolute Gasteiger partial charge is 0.311 e. The molecule has 0 aliphatic carbocycles. The Morgan fingerprint density at radius 1 is 1.31 bits per heavy atom. The number of hydrogen-bond acceptors (Lipinski definition) is 2. The number of halogens is 1. The molecule has 0 radical (unpaired) electrons. The molecule has 1 nitrogen and oxygen atoms in total. The van der Waals surface area contributed by atoms with E-state index in [2.05, 4.69) is 33.0 Å². The minimum Gasteiger partial charge on any atom is -0.311 e. The van der Waals surface area contributed by atoms with E-state index in [4.69, 9.17) is 0 Å². The first-order chi connectivity index (χ1) is 7.38. The fourth-order valence-corrected chi connectivity index (χ4v) is 2.19. The molecule has 0 aliphatic rings. The van der Waals surface area contributed by atoms with Crippen LogP contribution < -0.4 is 5.32 Å². The van der Waals surface area contributed by atoms with Gasteiger partial charge in [0.05, 0.1) is 0 Å². The SMILES string of the molecule is CC(CNC(C)(C)C)Sc1ccccc1F. The number of rotatable bonds is 4. The van der Waals surface area contributed by atoms with Gasteiger partial charge in [0.25, 0.3) is 0 Å². The molecule has 0 bridgehead atoms. The maximum absolute atomic E-state index is 13.4. The van der Waals surface area contributed by atoms with Crippen molar-refractivity contribution in [2.24, 2.45) is 0 Å². The summed E-state index contributed by atoms with van der Waals surface area (Å²) in [4.78, 5) is 0.728. The molecule has 0 heterocycles. The van der Waals surface area contributed by atoms with Crippen LogP contribution >= 0.6 is 11.8 Å². The maximum Gasteiger partial charge on any atom is 0.136 e. The highest BCUT2D eigenvalue weighted by Crippen LogP contribution is 2.25. The molecule has 1 aromatic carbocycles. The van der Waals surface area contributed by atoms with Gasteiger partial charge in [-0.2, -0.15) is 0 Å². The van der Waals surface area contributed by atoms with Crippen LogP contribution in [-0.2, 0) is 0 Å². The van der Waals surface area contributed by atoms with Gasteiger partial charge in [-0.3, -0.25) is 0 Å². The van der Waals surface area contributed by atoms with Crippen molar-refractivity contribution < 1.29 is 4.39 Å². The third-order valence-electron chi connectivity index (χ3n) is 2.08. The molecule has 1 rings (SSSR count). The molecular formula is C13H20FNS. The van der Waals surface area contributed by atoms with Gasteiger partial charge in [-0.25, -0.2) is 4.39 Å². The fraction of sp³-hybridized carbons (Fsp3) is 0.538. The number of thioether (sulfide) groups is 1. The third kappa shape index (κ3) is 4.99. The van der Waals surface area contributed by atoms with Gasteiger partial charge in [0.2, 0.25) is 0 Å². The molecule has 1 unspecified atom stereocenters. The molecule has 0 fully saturated rings. The molecule has 1 N–H and O–H groups in total. The van der Waals surface area contributed by atoms with E-state index in [-0.39, 0.29) is 11.4 Å². The van der Waals surface area contributed by atoms with Crippen molar-refractivity contribution in [3.8, 4) is 0 Å². The molecule has 16 heavy (non-hydrogen) atoms. The lowest BCUT2D eigenvalue weighted by Gasteiger charge is -2.23. The average molecular weight is 241 g/mol. The van der Waals surface area contributed by atoms with Crippen molar-refractivity contribution >= 4 is 11.8 Å². The molecule has 3 heteroatoms. The summed E-state index contributed by atoms with van der Waals surface area (Å²) in [5.74, 6) is -0.130. The van der Waals surface area contributed by atoms with E-state index in [0.717, 1.165) is 11.4 Å². The molecule has 0 aliphatic heterocycles. The Morgan fingerprint density at radius 2 is 1.94 bits per heavy atom. The van der Waals surface area contributed by atoms with Gasteiger partial charge in [-0.15, -0.1) is 11.8 Å². The van der Waals surface area contributed by atoms with Crippen LogP contribution in [0.1, 0.15) is 27.7 Å². The third-order valence-corrected chi connectivity index (χ3v) is 3.24. The van der Waals surface area contributed by atoms with Crippen LogP contribution in [0.5, 0.6) is 0 Å². The average Bonchev–Trinajstić information content (AvgIpc) is 2.18. The molecule has 0 saturated carbocycles. The van der Waals surface area contributed by atoms with Crippen LogP contribution in [0.4, 0.5) is 4.39 Å². The van der Waals surface area contributed by atoms with Gasteiger partial charge in [0.15, 0.2) is 0 Å². The Kier molecular flexibility index (Phi) is 4.81. The number of benzene rings is 1. The monoisotopic (exact) mass is 241 g/mol. The Balaban J connectivity index is 2.46. The summed E-state index contributed by atoms with van der Waals surface area (Å²) in [6, 6.07) is 6.92. The van der Waals surface area contributed by atoms with Crippen molar-refractivity contribution in [3.63, 3.8) is 0 Å². The van der Waals surface area contributed by atoms with Gasteiger partial charge < -0.3 is 5.32 Å².